The van der Waals surface area contributed by atoms with Crippen LogP contribution in [0.2, 0.25) is 0 Å². The van der Waals surface area contributed by atoms with Crippen LogP contribution >= 0.6 is 0 Å². The van der Waals surface area contributed by atoms with Crippen LogP contribution in [0, 0.1) is 0 Å². The highest BCUT2D eigenvalue weighted by molar-refractivity contribution is 6.01. The summed E-state index contributed by atoms with van der Waals surface area (Å²) in [5.41, 5.74) is -0.186. The van der Waals surface area contributed by atoms with E-state index in [1.807, 2.05) is 4.90 Å². The number of pyridine rings is 1. The monoisotopic (exact) mass is 357 g/mol. The summed E-state index contributed by atoms with van der Waals surface area (Å²) in [4.78, 5) is 45.1. The number of likely N-dealkylation sites (tertiary alicyclic amines) is 2. The van der Waals surface area contributed by atoms with E-state index in [9.17, 15) is 14.4 Å². The first-order valence-corrected chi connectivity index (χ1v) is 9.18. The molecule has 3 aliphatic heterocycles. The molecule has 138 valence electrons. The fourth-order valence-corrected chi connectivity index (χ4v) is 3.93. The van der Waals surface area contributed by atoms with Gasteiger partial charge in [-0.1, -0.05) is 0 Å². The Bertz CT molecular complexity index is 746. The molecule has 0 bridgehead atoms. The van der Waals surface area contributed by atoms with E-state index in [0.717, 1.165) is 25.9 Å². The van der Waals surface area contributed by atoms with Gasteiger partial charge in [-0.25, -0.2) is 4.98 Å². The van der Waals surface area contributed by atoms with E-state index in [1.165, 1.54) is 0 Å². The molecule has 0 aromatic carbocycles. The number of amides is 3. The van der Waals surface area contributed by atoms with Gasteiger partial charge >= 0.3 is 0 Å². The van der Waals surface area contributed by atoms with E-state index >= 15 is 0 Å². The van der Waals surface area contributed by atoms with Gasteiger partial charge in [0.15, 0.2) is 0 Å². The Morgan fingerprint density at radius 2 is 1.96 bits per heavy atom. The number of fused-ring (bicyclic) bond motifs is 1. The summed E-state index contributed by atoms with van der Waals surface area (Å²) in [6, 6.07) is 3.45. The Labute approximate surface area is 151 Å². The number of nitrogens with zero attached hydrogens (tertiary/aromatic N) is 3. The minimum absolute atomic E-state index is 0.0134. The lowest BCUT2D eigenvalue weighted by Gasteiger charge is -2.39. The lowest BCUT2D eigenvalue weighted by Crippen LogP contribution is -2.58. The molecule has 26 heavy (non-hydrogen) atoms. The van der Waals surface area contributed by atoms with Gasteiger partial charge in [0, 0.05) is 38.7 Å². The van der Waals surface area contributed by atoms with E-state index in [1.54, 1.807) is 23.2 Å². The fourth-order valence-electron chi connectivity index (χ4n) is 3.93. The molecule has 2 N–H and O–H groups in total. The van der Waals surface area contributed by atoms with Crippen molar-refractivity contribution in [1.29, 1.82) is 0 Å². The molecule has 4 heterocycles. The van der Waals surface area contributed by atoms with Gasteiger partial charge in [0.2, 0.25) is 11.8 Å². The van der Waals surface area contributed by atoms with Crippen LogP contribution in [0.1, 0.15) is 42.5 Å². The molecule has 8 heteroatoms. The lowest BCUT2D eigenvalue weighted by molar-refractivity contribution is -0.139. The third-order valence-electron chi connectivity index (χ3n) is 5.47. The van der Waals surface area contributed by atoms with Gasteiger partial charge < -0.3 is 20.4 Å². The Balaban J connectivity index is 1.46. The van der Waals surface area contributed by atoms with Crippen LogP contribution in [0.4, 0.5) is 5.82 Å². The molecule has 0 radical (unpaired) electrons. The Morgan fingerprint density at radius 1 is 1.15 bits per heavy atom. The van der Waals surface area contributed by atoms with Gasteiger partial charge in [-0.15, -0.1) is 0 Å². The van der Waals surface area contributed by atoms with Crippen molar-refractivity contribution >= 4 is 23.5 Å². The number of nitrogens with one attached hydrogen (secondary N) is 2. The molecule has 3 aliphatic rings. The van der Waals surface area contributed by atoms with Crippen molar-refractivity contribution in [1.82, 2.24) is 20.1 Å². The van der Waals surface area contributed by atoms with Crippen molar-refractivity contribution in [3.05, 3.63) is 23.9 Å². The summed E-state index contributed by atoms with van der Waals surface area (Å²) in [5.74, 6) is 0.336. The quantitative estimate of drug-likeness (QED) is 0.807. The molecule has 8 nitrogen and oxygen atoms in total. The van der Waals surface area contributed by atoms with Crippen LogP contribution in [-0.4, -0.2) is 64.3 Å². The average molecular weight is 357 g/mol. The fraction of sp³-hybridized carbons (Fsp3) is 0.556. The highest BCUT2D eigenvalue weighted by atomic mass is 16.2. The van der Waals surface area contributed by atoms with E-state index in [0.29, 0.717) is 30.8 Å². The first kappa shape index (κ1) is 16.8. The second-order valence-electron chi connectivity index (χ2n) is 7.21. The van der Waals surface area contributed by atoms with Crippen molar-refractivity contribution in [3.63, 3.8) is 0 Å². The van der Waals surface area contributed by atoms with E-state index in [2.05, 4.69) is 15.6 Å². The summed E-state index contributed by atoms with van der Waals surface area (Å²) < 4.78 is 0. The van der Waals surface area contributed by atoms with Crippen LogP contribution in [0.25, 0.3) is 0 Å². The highest BCUT2D eigenvalue weighted by Crippen LogP contribution is 2.30. The molecular formula is C18H23N5O3. The Kier molecular flexibility index (Phi) is 4.26. The zero-order valence-corrected chi connectivity index (χ0v) is 14.7. The van der Waals surface area contributed by atoms with Gasteiger partial charge in [0.05, 0.1) is 12.1 Å². The average Bonchev–Trinajstić information content (AvgIpc) is 3.14. The SMILES string of the molecule is O=C1N[C@@]2(CCC(=O)N(CC(=O)N3CCCC3)CC2)Nc2ncccc21. The third kappa shape index (κ3) is 3.11. The molecule has 4 rings (SSSR count). The van der Waals surface area contributed by atoms with Crippen LogP contribution in [0.15, 0.2) is 18.3 Å². The standard InChI is InChI=1S/C18H23N5O3/c24-14-5-6-18(20-16-13(17(26)21-18)4-3-8-19-16)7-11-23(14)12-15(25)22-9-1-2-10-22/h3-4,8H,1-2,5-7,9-12H2,(H,19,20)(H,21,26)/t18-/m1/s1. The van der Waals surface area contributed by atoms with Crippen LogP contribution in [0.3, 0.4) is 0 Å². The predicted molar refractivity (Wildman–Crippen MR) is 94.3 cm³/mol. The number of anilines is 1. The summed E-state index contributed by atoms with van der Waals surface area (Å²) >= 11 is 0. The molecule has 0 saturated carbocycles. The predicted octanol–water partition coefficient (Wildman–Crippen LogP) is 0.568. The van der Waals surface area contributed by atoms with Crippen molar-refractivity contribution in [2.24, 2.45) is 0 Å². The van der Waals surface area contributed by atoms with E-state index in [-0.39, 0.29) is 30.7 Å². The van der Waals surface area contributed by atoms with Crippen LogP contribution in [-0.2, 0) is 9.59 Å². The summed E-state index contributed by atoms with van der Waals surface area (Å²) in [5, 5.41) is 6.33. The number of hydrogen-bond acceptors (Lipinski definition) is 5. The van der Waals surface area contributed by atoms with Gasteiger partial charge in [0.25, 0.3) is 5.91 Å². The maximum absolute atomic E-state index is 12.5. The number of aromatic nitrogens is 1. The molecule has 0 aliphatic carbocycles. The number of carbonyl (C=O) groups is 3. The number of rotatable bonds is 2. The molecule has 2 fully saturated rings. The van der Waals surface area contributed by atoms with Crippen LogP contribution in [0.5, 0.6) is 0 Å². The topological polar surface area (TPSA) is 94.6 Å². The maximum atomic E-state index is 12.5. The molecular weight excluding hydrogens is 334 g/mol. The van der Waals surface area contributed by atoms with Crippen molar-refractivity contribution < 1.29 is 14.4 Å². The zero-order chi connectivity index (χ0) is 18.1. The van der Waals surface area contributed by atoms with Gasteiger partial charge in [-0.3, -0.25) is 14.4 Å². The molecule has 1 atom stereocenters. The van der Waals surface area contributed by atoms with Gasteiger partial charge in [-0.05, 0) is 31.4 Å². The van der Waals surface area contributed by atoms with E-state index in [4.69, 9.17) is 0 Å². The molecule has 1 spiro atoms. The molecule has 0 unspecified atom stereocenters. The van der Waals surface area contributed by atoms with E-state index < -0.39 is 5.66 Å². The minimum atomic E-state index is -0.695. The first-order chi connectivity index (χ1) is 12.6. The minimum Gasteiger partial charge on any atom is -0.347 e. The highest BCUT2D eigenvalue weighted by Gasteiger charge is 2.41. The normalized spacial score (nSPS) is 25.5. The summed E-state index contributed by atoms with van der Waals surface area (Å²) in [6.45, 7) is 2.11. The Hall–Kier alpha value is -2.64. The van der Waals surface area contributed by atoms with Crippen molar-refractivity contribution in [2.45, 2.75) is 37.8 Å². The third-order valence-corrected chi connectivity index (χ3v) is 5.47. The molecule has 2 saturated heterocycles. The maximum Gasteiger partial charge on any atom is 0.256 e. The second-order valence-corrected chi connectivity index (χ2v) is 7.21. The largest absolute Gasteiger partial charge is 0.347 e. The Morgan fingerprint density at radius 3 is 2.77 bits per heavy atom. The molecule has 1 aromatic heterocycles. The number of hydrogen-bond donors (Lipinski definition) is 2. The smallest absolute Gasteiger partial charge is 0.256 e. The van der Waals surface area contributed by atoms with Gasteiger partial charge in [0.1, 0.15) is 11.5 Å². The lowest BCUT2D eigenvalue weighted by atomic mass is 9.97. The van der Waals surface area contributed by atoms with Crippen molar-refractivity contribution in [2.75, 3.05) is 31.5 Å². The zero-order valence-electron chi connectivity index (χ0n) is 14.7. The summed E-state index contributed by atoms with van der Waals surface area (Å²) in [6.07, 6.45) is 5.00. The molecule has 3 amide bonds. The number of carbonyl (C=O) groups excluding carboxylic acids is 3. The molecule has 1 aromatic rings. The van der Waals surface area contributed by atoms with Crippen molar-refractivity contribution in [3.8, 4) is 0 Å². The first-order valence-electron chi connectivity index (χ1n) is 9.18. The van der Waals surface area contributed by atoms with Gasteiger partial charge in [-0.2, -0.15) is 0 Å². The summed E-state index contributed by atoms with van der Waals surface area (Å²) in [7, 11) is 0. The second kappa shape index (κ2) is 6.59. The van der Waals surface area contributed by atoms with Crippen LogP contribution < -0.4 is 10.6 Å².